The van der Waals surface area contributed by atoms with E-state index < -0.39 is 0 Å². The second-order valence-corrected chi connectivity index (χ2v) is 9.82. The zero-order valence-electron chi connectivity index (χ0n) is 14.7. The molecule has 0 unspecified atom stereocenters. The number of hydrogen-bond acceptors (Lipinski definition) is 3. The van der Waals surface area contributed by atoms with E-state index in [0.717, 1.165) is 31.6 Å². The Balaban J connectivity index is 1.53. The van der Waals surface area contributed by atoms with Gasteiger partial charge in [-0.2, -0.15) is 0 Å². The molecule has 4 aliphatic carbocycles. The maximum absolute atomic E-state index is 12.2. The molecule has 1 N–H and O–H groups in total. The normalized spacial score (nSPS) is 63.0. The van der Waals surface area contributed by atoms with Gasteiger partial charge in [-0.05, 0) is 68.6 Å². The fraction of sp³-hybridized carbons (Fsp3) is 0.950. The highest BCUT2D eigenvalue weighted by molar-refractivity contribution is 5.79. The van der Waals surface area contributed by atoms with Gasteiger partial charge in [-0.1, -0.05) is 13.8 Å². The van der Waals surface area contributed by atoms with Crippen LogP contribution in [0.1, 0.15) is 65.7 Å². The van der Waals surface area contributed by atoms with Gasteiger partial charge in [-0.25, -0.2) is 0 Å². The predicted molar refractivity (Wildman–Crippen MR) is 86.8 cm³/mol. The maximum atomic E-state index is 12.2. The second-order valence-electron chi connectivity index (χ2n) is 9.82. The van der Waals surface area contributed by atoms with E-state index in [9.17, 15) is 9.90 Å². The molecule has 1 aliphatic heterocycles. The summed E-state index contributed by atoms with van der Waals surface area (Å²) in [5.41, 5.74) is 0.430. The van der Waals surface area contributed by atoms with Crippen molar-refractivity contribution in [1.82, 2.24) is 0 Å². The van der Waals surface area contributed by atoms with Crippen LogP contribution in [-0.4, -0.2) is 28.7 Å². The van der Waals surface area contributed by atoms with Gasteiger partial charge in [0.15, 0.2) is 0 Å². The minimum Gasteiger partial charge on any atom is -0.393 e. The predicted octanol–water partition coefficient (Wildman–Crippen LogP) is 3.34. The monoisotopic (exact) mass is 318 g/mol. The largest absolute Gasteiger partial charge is 0.393 e. The van der Waals surface area contributed by atoms with Gasteiger partial charge in [-0.15, -0.1) is 0 Å². The summed E-state index contributed by atoms with van der Waals surface area (Å²) in [6.07, 6.45) is 7.85. The summed E-state index contributed by atoms with van der Waals surface area (Å²) in [6, 6.07) is 0. The van der Waals surface area contributed by atoms with Crippen molar-refractivity contribution in [2.75, 3.05) is 0 Å². The van der Waals surface area contributed by atoms with E-state index in [2.05, 4.69) is 13.8 Å². The van der Waals surface area contributed by atoms with Crippen LogP contribution in [-0.2, 0) is 9.53 Å². The third-order valence-electron chi connectivity index (χ3n) is 9.23. The molecule has 5 fully saturated rings. The third-order valence-corrected chi connectivity index (χ3v) is 9.23. The number of Topliss-reactive ketones (excluding diaryl/α,β-unsaturated/α-hetero) is 1. The lowest BCUT2D eigenvalue weighted by molar-refractivity contribution is -0.129. The number of ether oxygens (including phenoxy) is 1. The van der Waals surface area contributed by atoms with Gasteiger partial charge >= 0.3 is 0 Å². The quantitative estimate of drug-likeness (QED) is 0.754. The van der Waals surface area contributed by atoms with Gasteiger partial charge < -0.3 is 9.84 Å². The standard InChI is InChI=1S/C20H30O3/c1-11(21)13-4-5-14-16-15(7-8-18(13,14)2)19(3)9-6-12(22)10-20(19)17(16)23-20/h12-17,22H,4-10H2,1-3H3/t12-,13-,14+,15+,16+,17-,18-,19-,20-/m1/s1. The van der Waals surface area contributed by atoms with Gasteiger partial charge in [0.25, 0.3) is 0 Å². The number of fused-ring (bicyclic) bond motifs is 5. The molecule has 0 aromatic rings. The van der Waals surface area contributed by atoms with Crippen LogP contribution in [0.15, 0.2) is 0 Å². The molecule has 3 heteroatoms. The van der Waals surface area contributed by atoms with Crippen LogP contribution in [0.25, 0.3) is 0 Å². The Morgan fingerprint density at radius 3 is 2.61 bits per heavy atom. The minimum absolute atomic E-state index is 0.0282. The summed E-state index contributed by atoms with van der Waals surface area (Å²) in [7, 11) is 0. The smallest absolute Gasteiger partial charge is 0.133 e. The Morgan fingerprint density at radius 1 is 1.09 bits per heavy atom. The minimum atomic E-state index is -0.173. The fourth-order valence-electron chi connectivity index (χ4n) is 8.10. The van der Waals surface area contributed by atoms with Gasteiger partial charge in [-0.3, -0.25) is 4.79 Å². The van der Waals surface area contributed by atoms with Crippen LogP contribution in [0.3, 0.4) is 0 Å². The number of carbonyl (C=O) groups excluding carboxylic acids is 1. The lowest BCUT2D eigenvalue weighted by atomic mass is 9.53. The molecule has 9 atom stereocenters. The van der Waals surface area contributed by atoms with E-state index in [1.165, 1.54) is 19.3 Å². The van der Waals surface area contributed by atoms with Crippen LogP contribution in [0, 0.1) is 34.5 Å². The van der Waals surface area contributed by atoms with E-state index in [-0.39, 0.29) is 28.5 Å². The van der Waals surface area contributed by atoms with Gasteiger partial charge in [0, 0.05) is 17.8 Å². The number of aliphatic hydroxyl groups excluding tert-OH is 1. The number of rotatable bonds is 1. The van der Waals surface area contributed by atoms with Crippen molar-refractivity contribution in [3.63, 3.8) is 0 Å². The zero-order chi connectivity index (χ0) is 16.2. The molecular weight excluding hydrogens is 288 g/mol. The Hall–Kier alpha value is -0.410. The summed E-state index contributed by atoms with van der Waals surface area (Å²) in [5.74, 6) is 2.70. The highest BCUT2D eigenvalue weighted by Crippen LogP contribution is 2.77. The van der Waals surface area contributed by atoms with Crippen molar-refractivity contribution in [2.24, 2.45) is 34.5 Å². The van der Waals surface area contributed by atoms with E-state index in [0.29, 0.717) is 23.7 Å². The Labute approximate surface area is 139 Å². The van der Waals surface area contributed by atoms with Crippen LogP contribution >= 0.6 is 0 Å². The number of carbonyl (C=O) groups is 1. The molecule has 0 aromatic carbocycles. The molecule has 0 radical (unpaired) electrons. The third kappa shape index (κ3) is 1.53. The van der Waals surface area contributed by atoms with E-state index in [4.69, 9.17) is 4.74 Å². The average molecular weight is 318 g/mol. The van der Waals surface area contributed by atoms with Crippen molar-refractivity contribution in [2.45, 2.75) is 83.5 Å². The van der Waals surface area contributed by atoms with Crippen LogP contribution in [0.4, 0.5) is 0 Å². The number of ketones is 1. The van der Waals surface area contributed by atoms with Crippen molar-refractivity contribution in [3.05, 3.63) is 0 Å². The maximum Gasteiger partial charge on any atom is 0.133 e. The van der Waals surface area contributed by atoms with Crippen molar-refractivity contribution >= 4 is 5.78 Å². The highest BCUT2D eigenvalue weighted by Gasteiger charge is 2.81. The first-order valence-electron chi connectivity index (χ1n) is 9.70. The van der Waals surface area contributed by atoms with Crippen molar-refractivity contribution < 1.29 is 14.6 Å². The molecule has 5 aliphatic rings. The molecular formula is C20H30O3. The fourth-order valence-corrected chi connectivity index (χ4v) is 8.10. The van der Waals surface area contributed by atoms with Crippen LogP contribution in [0.5, 0.6) is 0 Å². The zero-order valence-corrected chi connectivity index (χ0v) is 14.7. The number of epoxide rings is 1. The lowest BCUT2D eigenvalue weighted by Gasteiger charge is -2.52. The molecule has 0 aromatic heterocycles. The molecule has 4 saturated carbocycles. The Bertz CT molecular complexity index is 573. The second kappa shape index (κ2) is 4.22. The molecule has 3 nitrogen and oxygen atoms in total. The molecule has 128 valence electrons. The molecule has 1 saturated heterocycles. The summed E-state index contributed by atoms with van der Waals surface area (Å²) in [5, 5.41) is 10.2. The summed E-state index contributed by atoms with van der Waals surface area (Å²) >= 11 is 0. The lowest BCUT2D eigenvalue weighted by Crippen LogP contribution is -2.49. The number of hydrogen-bond donors (Lipinski definition) is 1. The highest BCUT2D eigenvalue weighted by atomic mass is 16.6. The Kier molecular flexibility index (Phi) is 2.73. The van der Waals surface area contributed by atoms with Gasteiger partial charge in [0.1, 0.15) is 11.4 Å². The topological polar surface area (TPSA) is 49.8 Å². The molecule has 0 bridgehead atoms. The van der Waals surface area contributed by atoms with E-state index in [1.54, 1.807) is 6.92 Å². The molecule has 23 heavy (non-hydrogen) atoms. The van der Waals surface area contributed by atoms with Crippen molar-refractivity contribution in [1.29, 1.82) is 0 Å². The molecule has 1 spiro atoms. The first-order chi connectivity index (χ1) is 10.8. The van der Waals surface area contributed by atoms with Gasteiger partial charge in [0.05, 0.1) is 12.2 Å². The molecule has 0 amide bonds. The van der Waals surface area contributed by atoms with Crippen LogP contribution in [0.2, 0.25) is 0 Å². The average Bonchev–Trinajstić information content (AvgIpc) is 3.00. The Morgan fingerprint density at radius 2 is 1.87 bits per heavy atom. The van der Waals surface area contributed by atoms with Gasteiger partial charge in [0.2, 0.25) is 0 Å². The summed E-state index contributed by atoms with van der Waals surface area (Å²) < 4.78 is 6.39. The number of aliphatic hydroxyl groups is 1. The first kappa shape index (κ1) is 14.9. The molecule has 5 rings (SSSR count). The molecule has 1 heterocycles. The summed E-state index contributed by atoms with van der Waals surface area (Å²) in [6.45, 7) is 6.64. The van der Waals surface area contributed by atoms with Crippen LogP contribution < -0.4 is 0 Å². The first-order valence-corrected chi connectivity index (χ1v) is 9.70. The summed E-state index contributed by atoms with van der Waals surface area (Å²) in [4.78, 5) is 12.2. The SMILES string of the molecule is CC(=O)[C@H]1CC[C@H]2[C@@H]3[C@H]4O[C@]45C[C@H](O)CC[C@]5(C)[C@H]3CC[C@]12C. The van der Waals surface area contributed by atoms with E-state index in [1.807, 2.05) is 0 Å². The van der Waals surface area contributed by atoms with E-state index >= 15 is 0 Å². The van der Waals surface area contributed by atoms with Crippen molar-refractivity contribution in [3.8, 4) is 0 Å².